The Hall–Kier alpha value is -1.83. The average Bonchev–Trinajstić information content (AvgIpc) is 3.04. The van der Waals surface area contributed by atoms with E-state index in [9.17, 15) is 14.4 Å². The molecule has 0 spiro atoms. The minimum atomic E-state index is -2.19. The molecular weight excluding hydrogens is 270 g/mol. The molecule has 8 nitrogen and oxygen atoms in total. The number of esters is 2. The maximum atomic E-state index is 11.8. The van der Waals surface area contributed by atoms with Crippen LogP contribution in [-0.4, -0.2) is 47.6 Å². The molecule has 0 atom stereocenters. The third-order valence-electron chi connectivity index (χ3n) is 2.14. The Morgan fingerprint density at radius 3 is 1.85 bits per heavy atom. The van der Waals surface area contributed by atoms with Crippen LogP contribution in [0.1, 0.15) is 34.6 Å². The molecule has 0 aliphatic carbocycles. The number of hydroxylamine groups is 2. The summed E-state index contributed by atoms with van der Waals surface area (Å²) >= 11 is 0. The third-order valence-corrected chi connectivity index (χ3v) is 2.14. The predicted octanol–water partition coefficient (Wildman–Crippen LogP) is 0.991. The quantitative estimate of drug-likeness (QED) is 0.329. The van der Waals surface area contributed by atoms with Crippen LogP contribution < -0.4 is 0 Å². The lowest BCUT2D eigenvalue weighted by molar-refractivity contribution is -0.164. The molecule has 114 valence electrons. The topological polar surface area (TPSA) is 94.4 Å². The number of hydrogen-bond donors (Lipinski definition) is 0. The molecule has 1 saturated heterocycles. The summed E-state index contributed by atoms with van der Waals surface area (Å²) in [6.45, 7) is 8.13. The van der Waals surface area contributed by atoms with Gasteiger partial charge in [0.15, 0.2) is 0 Å². The van der Waals surface area contributed by atoms with E-state index in [2.05, 4.69) is 0 Å². The SMILES string of the molecule is CCOC(=O)C1(C(=O)OCC)ON1C(=O)OC(C)(C)C. The van der Waals surface area contributed by atoms with Gasteiger partial charge < -0.3 is 14.2 Å². The second kappa shape index (κ2) is 5.66. The van der Waals surface area contributed by atoms with E-state index in [0.29, 0.717) is 5.06 Å². The maximum absolute atomic E-state index is 11.8. The lowest BCUT2D eigenvalue weighted by Crippen LogP contribution is -2.43. The van der Waals surface area contributed by atoms with Gasteiger partial charge in [-0.05, 0) is 34.6 Å². The van der Waals surface area contributed by atoms with Crippen molar-refractivity contribution >= 4 is 18.0 Å². The molecule has 0 radical (unpaired) electrons. The monoisotopic (exact) mass is 289 g/mol. The lowest BCUT2D eigenvalue weighted by Gasteiger charge is -2.19. The maximum Gasteiger partial charge on any atom is 0.438 e. The molecule has 1 rings (SSSR count). The average molecular weight is 289 g/mol. The second-order valence-corrected chi connectivity index (χ2v) is 4.95. The Morgan fingerprint density at radius 2 is 1.50 bits per heavy atom. The fraction of sp³-hybridized carbons (Fsp3) is 0.750. The Labute approximate surface area is 116 Å². The van der Waals surface area contributed by atoms with Gasteiger partial charge in [0.05, 0.1) is 13.2 Å². The molecule has 1 amide bonds. The summed E-state index contributed by atoms with van der Waals surface area (Å²) in [5.74, 6) is -2.02. The highest BCUT2D eigenvalue weighted by molar-refractivity contribution is 6.08. The molecule has 0 N–H and O–H groups in total. The van der Waals surface area contributed by atoms with Gasteiger partial charge in [-0.2, -0.15) is 0 Å². The van der Waals surface area contributed by atoms with Crippen LogP contribution >= 0.6 is 0 Å². The summed E-state index contributed by atoms with van der Waals surface area (Å²) in [5, 5.41) is 0.522. The number of carbonyl (C=O) groups is 3. The highest BCUT2D eigenvalue weighted by Gasteiger charge is 2.75. The zero-order valence-corrected chi connectivity index (χ0v) is 12.2. The van der Waals surface area contributed by atoms with Crippen molar-refractivity contribution < 1.29 is 33.4 Å². The smallest absolute Gasteiger partial charge is 0.438 e. The van der Waals surface area contributed by atoms with Gasteiger partial charge in [-0.1, -0.05) is 0 Å². The lowest BCUT2D eigenvalue weighted by atomic mass is 10.2. The molecular formula is C12H19NO7. The van der Waals surface area contributed by atoms with E-state index in [0.717, 1.165) is 0 Å². The molecule has 0 saturated carbocycles. The molecule has 1 fully saturated rings. The fourth-order valence-corrected chi connectivity index (χ4v) is 1.36. The van der Waals surface area contributed by atoms with Gasteiger partial charge in [0.1, 0.15) is 5.60 Å². The Bertz CT molecular complexity index is 395. The normalized spacial score (nSPS) is 16.4. The molecule has 1 heterocycles. The number of amides is 1. The number of nitrogens with zero attached hydrogens (tertiary/aromatic N) is 1. The number of hydrogen-bond acceptors (Lipinski definition) is 7. The van der Waals surface area contributed by atoms with E-state index in [1.54, 1.807) is 34.6 Å². The van der Waals surface area contributed by atoms with Crippen molar-refractivity contribution in [1.29, 1.82) is 0 Å². The largest absolute Gasteiger partial charge is 0.462 e. The van der Waals surface area contributed by atoms with Crippen LogP contribution in [0.2, 0.25) is 0 Å². The summed E-state index contributed by atoms with van der Waals surface area (Å²) in [4.78, 5) is 40.3. The van der Waals surface area contributed by atoms with E-state index in [1.165, 1.54) is 0 Å². The van der Waals surface area contributed by atoms with Crippen LogP contribution in [-0.2, 0) is 28.6 Å². The van der Waals surface area contributed by atoms with Crippen LogP contribution in [0.15, 0.2) is 0 Å². The number of rotatable bonds is 4. The summed E-state index contributed by atoms with van der Waals surface area (Å²) < 4.78 is 14.5. The highest BCUT2D eigenvalue weighted by Crippen LogP contribution is 2.39. The van der Waals surface area contributed by atoms with Crippen molar-refractivity contribution in [3.8, 4) is 0 Å². The summed E-state index contributed by atoms with van der Waals surface area (Å²) in [7, 11) is 0. The first kappa shape index (κ1) is 16.2. The first-order chi connectivity index (χ1) is 9.19. The second-order valence-electron chi connectivity index (χ2n) is 4.95. The minimum absolute atomic E-state index is 0.0332. The summed E-state index contributed by atoms with van der Waals surface area (Å²) in [6, 6.07) is 0. The zero-order valence-electron chi connectivity index (χ0n) is 12.2. The van der Waals surface area contributed by atoms with Crippen molar-refractivity contribution in [2.45, 2.75) is 45.9 Å². The van der Waals surface area contributed by atoms with E-state index in [1.807, 2.05) is 0 Å². The van der Waals surface area contributed by atoms with Gasteiger partial charge >= 0.3 is 23.8 Å². The number of ether oxygens (including phenoxy) is 3. The Kier molecular flexibility index (Phi) is 4.59. The number of carbonyl (C=O) groups excluding carboxylic acids is 3. The van der Waals surface area contributed by atoms with Crippen LogP contribution in [0.4, 0.5) is 4.79 Å². The van der Waals surface area contributed by atoms with Crippen molar-refractivity contribution in [1.82, 2.24) is 5.06 Å². The van der Waals surface area contributed by atoms with Crippen molar-refractivity contribution in [3.05, 3.63) is 0 Å². The van der Waals surface area contributed by atoms with Gasteiger partial charge in [-0.3, -0.25) is 0 Å². The molecule has 1 aliphatic rings. The van der Waals surface area contributed by atoms with Gasteiger partial charge in [0, 0.05) is 0 Å². The molecule has 20 heavy (non-hydrogen) atoms. The molecule has 0 aromatic heterocycles. The molecule has 0 unspecified atom stereocenters. The molecule has 1 aliphatic heterocycles. The van der Waals surface area contributed by atoms with Crippen molar-refractivity contribution in [2.75, 3.05) is 13.2 Å². The first-order valence-electron chi connectivity index (χ1n) is 6.25. The molecule has 0 aromatic carbocycles. The van der Waals surface area contributed by atoms with Crippen LogP contribution in [0.3, 0.4) is 0 Å². The van der Waals surface area contributed by atoms with Gasteiger partial charge in [-0.15, -0.1) is 5.06 Å². The summed E-state index contributed by atoms with van der Waals surface area (Å²) in [6.07, 6.45) is -0.960. The Morgan fingerprint density at radius 1 is 1.05 bits per heavy atom. The third kappa shape index (κ3) is 3.19. The van der Waals surface area contributed by atoms with Crippen LogP contribution in [0.25, 0.3) is 0 Å². The molecule has 0 aromatic rings. The molecule has 0 bridgehead atoms. The van der Waals surface area contributed by atoms with E-state index in [4.69, 9.17) is 19.0 Å². The van der Waals surface area contributed by atoms with E-state index >= 15 is 0 Å². The van der Waals surface area contributed by atoms with Gasteiger partial charge in [0.25, 0.3) is 0 Å². The minimum Gasteiger partial charge on any atom is -0.462 e. The first-order valence-corrected chi connectivity index (χ1v) is 6.25. The standard InChI is InChI=1S/C12H19NO7/c1-6-17-8(14)12(9(15)18-7-2)13(20-12)10(16)19-11(3,4)5/h6-7H2,1-5H3. The van der Waals surface area contributed by atoms with E-state index in [-0.39, 0.29) is 13.2 Å². The van der Waals surface area contributed by atoms with Crippen LogP contribution in [0.5, 0.6) is 0 Å². The van der Waals surface area contributed by atoms with E-state index < -0.39 is 29.4 Å². The fourth-order valence-electron chi connectivity index (χ4n) is 1.36. The van der Waals surface area contributed by atoms with Crippen molar-refractivity contribution in [3.63, 3.8) is 0 Å². The Balaban J connectivity index is 2.87. The van der Waals surface area contributed by atoms with Crippen molar-refractivity contribution in [2.24, 2.45) is 0 Å². The van der Waals surface area contributed by atoms with Gasteiger partial charge in [-0.25, -0.2) is 19.2 Å². The highest BCUT2D eigenvalue weighted by atomic mass is 16.9. The van der Waals surface area contributed by atoms with Crippen LogP contribution in [0, 0.1) is 0 Å². The zero-order chi connectivity index (χ0) is 15.6. The summed E-state index contributed by atoms with van der Waals surface area (Å²) in [5.41, 5.74) is -2.98. The van der Waals surface area contributed by atoms with Gasteiger partial charge in [0.2, 0.25) is 0 Å². The predicted molar refractivity (Wildman–Crippen MR) is 65.2 cm³/mol. The molecule has 8 heteroatoms.